The van der Waals surface area contributed by atoms with Crippen LogP contribution in [0.15, 0.2) is 23.2 Å². The Morgan fingerprint density at radius 3 is 2.30 bits per heavy atom. The van der Waals surface area contributed by atoms with Crippen LogP contribution in [0.2, 0.25) is 0 Å². The van der Waals surface area contributed by atoms with Crippen molar-refractivity contribution in [3.05, 3.63) is 29.6 Å². The van der Waals surface area contributed by atoms with Crippen molar-refractivity contribution < 1.29 is 4.39 Å². The van der Waals surface area contributed by atoms with Crippen LogP contribution in [0.5, 0.6) is 0 Å². The molecule has 2 N–H and O–H groups in total. The van der Waals surface area contributed by atoms with Crippen molar-refractivity contribution in [3.8, 4) is 0 Å². The van der Waals surface area contributed by atoms with Crippen LogP contribution in [-0.2, 0) is 6.54 Å². The van der Waals surface area contributed by atoms with Gasteiger partial charge in [-0.25, -0.2) is 9.38 Å². The number of nitrogens with two attached hydrogens (primary N) is 1. The molecule has 0 aliphatic carbocycles. The third-order valence-electron chi connectivity index (χ3n) is 5.53. The van der Waals surface area contributed by atoms with E-state index in [-0.39, 0.29) is 29.8 Å². The van der Waals surface area contributed by atoms with Crippen molar-refractivity contribution in [2.75, 3.05) is 50.7 Å². The first kappa shape index (κ1) is 22.2. The summed E-state index contributed by atoms with van der Waals surface area (Å²) in [6, 6.07) is 5.48. The molecule has 2 fully saturated rings. The second kappa shape index (κ2) is 11.0. The molecule has 2 aliphatic heterocycles. The average Bonchev–Trinajstić information content (AvgIpc) is 2.96. The Balaban J connectivity index is 0.00000261. The highest BCUT2D eigenvalue weighted by Gasteiger charge is 2.18. The van der Waals surface area contributed by atoms with Crippen molar-refractivity contribution >= 4 is 35.6 Å². The zero-order valence-corrected chi connectivity index (χ0v) is 18.7. The number of rotatable bonds is 4. The molecule has 2 aliphatic rings. The number of likely N-dealkylation sites (N-methyl/N-ethyl adjacent to an activating group) is 1. The van der Waals surface area contributed by atoms with Gasteiger partial charge in [-0.1, -0.05) is 25.8 Å². The number of hydrogen-bond donors (Lipinski definition) is 1. The predicted octanol–water partition coefficient (Wildman–Crippen LogP) is 3.28. The van der Waals surface area contributed by atoms with Gasteiger partial charge in [0.15, 0.2) is 5.96 Å². The standard InChI is InChI=1S/C20H32FN5.HI/c1-2-24-11-13-25(14-12-24)19-8-7-17(15-18(19)21)16-23-20(22)26-9-5-3-4-6-10-26;/h7-8,15H,2-6,9-14,16H2,1H3,(H2,22,23);1H. The topological polar surface area (TPSA) is 48.1 Å². The fourth-order valence-corrected chi connectivity index (χ4v) is 3.78. The Morgan fingerprint density at radius 1 is 1.04 bits per heavy atom. The predicted molar refractivity (Wildman–Crippen MR) is 122 cm³/mol. The summed E-state index contributed by atoms with van der Waals surface area (Å²) in [7, 11) is 0. The third-order valence-corrected chi connectivity index (χ3v) is 5.53. The minimum absolute atomic E-state index is 0. The van der Waals surface area contributed by atoms with E-state index in [0.717, 1.165) is 51.4 Å². The van der Waals surface area contributed by atoms with Crippen molar-refractivity contribution in [1.29, 1.82) is 0 Å². The Morgan fingerprint density at radius 2 is 1.70 bits per heavy atom. The van der Waals surface area contributed by atoms with Gasteiger partial charge in [0.1, 0.15) is 5.82 Å². The van der Waals surface area contributed by atoms with Crippen molar-refractivity contribution in [2.45, 2.75) is 39.2 Å². The Kier molecular flexibility index (Phi) is 9.08. The average molecular weight is 489 g/mol. The molecule has 0 atom stereocenters. The number of halogens is 2. The number of aliphatic imine (C=N–C) groups is 1. The van der Waals surface area contributed by atoms with Crippen LogP contribution in [0.3, 0.4) is 0 Å². The molecule has 0 radical (unpaired) electrons. The van der Waals surface area contributed by atoms with E-state index in [1.165, 1.54) is 25.7 Å². The summed E-state index contributed by atoms with van der Waals surface area (Å²) in [5.41, 5.74) is 7.72. The van der Waals surface area contributed by atoms with Gasteiger partial charge in [-0.15, -0.1) is 24.0 Å². The molecule has 1 aromatic carbocycles. The summed E-state index contributed by atoms with van der Waals surface area (Å²) in [4.78, 5) is 11.2. The van der Waals surface area contributed by atoms with Crippen LogP contribution in [-0.4, -0.2) is 61.6 Å². The van der Waals surface area contributed by atoms with E-state index >= 15 is 0 Å². The van der Waals surface area contributed by atoms with Crippen molar-refractivity contribution in [3.63, 3.8) is 0 Å². The van der Waals surface area contributed by atoms with E-state index in [1.54, 1.807) is 6.07 Å². The second-order valence-electron chi connectivity index (χ2n) is 7.28. The van der Waals surface area contributed by atoms with Gasteiger partial charge in [0.05, 0.1) is 12.2 Å². The van der Waals surface area contributed by atoms with Crippen LogP contribution >= 0.6 is 24.0 Å². The molecule has 5 nitrogen and oxygen atoms in total. The number of guanidine groups is 1. The zero-order chi connectivity index (χ0) is 18.4. The van der Waals surface area contributed by atoms with Crippen LogP contribution in [0.25, 0.3) is 0 Å². The quantitative estimate of drug-likeness (QED) is 0.401. The van der Waals surface area contributed by atoms with Crippen molar-refractivity contribution in [1.82, 2.24) is 9.80 Å². The first-order valence-electron chi connectivity index (χ1n) is 9.98. The summed E-state index contributed by atoms with van der Waals surface area (Å²) in [6.07, 6.45) is 4.88. The maximum absolute atomic E-state index is 14.6. The van der Waals surface area contributed by atoms with Gasteiger partial charge in [-0.3, -0.25) is 0 Å². The lowest BCUT2D eigenvalue weighted by Crippen LogP contribution is -2.46. The van der Waals surface area contributed by atoms with E-state index in [0.29, 0.717) is 18.2 Å². The SMILES string of the molecule is CCN1CCN(c2ccc(CN=C(N)N3CCCCCC3)cc2F)CC1.I. The molecule has 3 rings (SSSR count). The summed E-state index contributed by atoms with van der Waals surface area (Å²) in [5, 5.41) is 0. The van der Waals surface area contributed by atoms with Crippen LogP contribution in [0.4, 0.5) is 10.1 Å². The maximum Gasteiger partial charge on any atom is 0.191 e. The van der Waals surface area contributed by atoms with Gasteiger partial charge in [0, 0.05) is 39.3 Å². The zero-order valence-electron chi connectivity index (χ0n) is 16.4. The first-order valence-corrected chi connectivity index (χ1v) is 9.98. The summed E-state index contributed by atoms with van der Waals surface area (Å²) >= 11 is 0. The molecule has 0 amide bonds. The highest BCUT2D eigenvalue weighted by atomic mass is 127. The molecule has 0 unspecified atom stereocenters. The molecule has 2 heterocycles. The second-order valence-corrected chi connectivity index (χ2v) is 7.28. The minimum Gasteiger partial charge on any atom is -0.370 e. The summed E-state index contributed by atoms with van der Waals surface area (Å²) < 4.78 is 14.6. The summed E-state index contributed by atoms with van der Waals surface area (Å²) in [6.45, 7) is 9.37. The number of likely N-dealkylation sites (tertiary alicyclic amines) is 1. The molecular formula is C20H33FIN5. The van der Waals surface area contributed by atoms with E-state index in [1.807, 2.05) is 12.1 Å². The maximum atomic E-state index is 14.6. The van der Waals surface area contributed by atoms with Gasteiger partial charge in [-0.05, 0) is 37.1 Å². The van der Waals surface area contributed by atoms with E-state index in [9.17, 15) is 4.39 Å². The smallest absolute Gasteiger partial charge is 0.191 e. The van der Waals surface area contributed by atoms with Gasteiger partial charge in [-0.2, -0.15) is 0 Å². The lowest BCUT2D eigenvalue weighted by atomic mass is 10.1. The number of hydrogen-bond acceptors (Lipinski definition) is 3. The third kappa shape index (κ3) is 6.20. The molecule has 0 saturated carbocycles. The first-order chi connectivity index (χ1) is 12.7. The van der Waals surface area contributed by atoms with Crippen LogP contribution in [0, 0.1) is 5.82 Å². The normalized spacial score (nSPS) is 19.6. The molecule has 0 spiro atoms. The van der Waals surface area contributed by atoms with Crippen LogP contribution in [0.1, 0.15) is 38.2 Å². The Labute approximate surface area is 179 Å². The fourth-order valence-electron chi connectivity index (χ4n) is 3.78. The molecule has 0 aromatic heterocycles. The monoisotopic (exact) mass is 489 g/mol. The number of piperazine rings is 1. The highest BCUT2D eigenvalue weighted by Crippen LogP contribution is 2.22. The van der Waals surface area contributed by atoms with Crippen LogP contribution < -0.4 is 10.6 Å². The molecule has 0 bridgehead atoms. The molecule has 1 aromatic rings. The largest absolute Gasteiger partial charge is 0.370 e. The lowest BCUT2D eigenvalue weighted by molar-refractivity contribution is 0.270. The van der Waals surface area contributed by atoms with Gasteiger partial charge in [0.2, 0.25) is 0 Å². The highest BCUT2D eigenvalue weighted by molar-refractivity contribution is 14.0. The molecule has 2 saturated heterocycles. The summed E-state index contributed by atoms with van der Waals surface area (Å²) in [5.74, 6) is 0.433. The minimum atomic E-state index is -0.156. The number of benzene rings is 1. The fraction of sp³-hybridized carbons (Fsp3) is 0.650. The number of nitrogens with zero attached hydrogens (tertiary/aromatic N) is 4. The Bertz CT molecular complexity index is 608. The molecule has 7 heteroatoms. The van der Waals surface area contributed by atoms with E-state index < -0.39 is 0 Å². The number of anilines is 1. The molecule has 152 valence electrons. The van der Waals surface area contributed by atoms with Gasteiger partial charge >= 0.3 is 0 Å². The van der Waals surface area contributed by atoms with Crippen molar-refractivity contribution in [2.24, 2.45) is 10.7 Å². The molecular weight excluding hydrogens is 456 g/mol. The van der Waals surface area contributed by atoms with Gasteiger partial charge in [0.25, 0.3) is 0 Å². The van der Waals surface area contributed by atoms with E-state index in [2.05, 4.69) is 26.6 Å². The lowest BCUT2D eigenvalue weighted by Gasteiger charge is -2.35. The van der Waals surface area contributed by atoms with E-state index in [4.69, 9.17) is 5.73 Å². The molecule has 27 heavy (non-hydrogen) atoms. The Hall–Kier alpha value is -1.09. The van der Waals surface area contributed by atoms with Gasteiger partial charge < -0.3 is 20.4 Å².